The number of fused-ring (bicyclic) bond motifs is 1. The van der Waals surface area contributed by atoms with Gasteiger partial charge in [0.1, 0.15) is 16.6 Å². The van der Waals surface area contributed by atoms with Crippen LogP contribution in [0.1, 0.15) is 17.8 Å². The van der Waals surface area contributed by atoms with Crippen LogP contribution in [0.2, 0.25) is 5.02 Å². The lowest BCUT2D eigenvalue weighted by Gasteiger charge is -2.15. The number of carbonyl (C=O) groups is 1. The quantitative estimate of drug-likeness (QED) is 0.445. The number of halogens is 1. The molecule has 0 aliphatic rings. The van der Waals surface area contributed by atoms with Crippen LogP contribution in [0.25, 0.3) is 21.3 Å². The molecule has 31 heavy (non-hydrogen) atoms. The zero-order valence-electron chi connectivity index (χ0n) is 17.2. The molecule has 4 rings (SSSR count). The number of rotatable bonds is 5. The Hall–Kier alpha value is -3.16. The van der Waals surface area contributed by atoms with Gasteiger partial charge in [0.05, 0.1) is 23.8 Å². The molecule has 0 aliphatic heterocycles. The summed E-state index contributed by atoms with van der Waals surface area (Å²) < 4.78 is 6.49. The number of amides is 1. The van der Waals surface area contributed by atoms with E-state index < -0.39 is 6.04 Å². The first kappa shape index (κ1) is 21.1. The third kappa shape index (κ3) is 3.94. The highest BCUT2D eigenvalue weighted by Crippen LogP contribution is 2.35. The van der Waals surface area contributed by atoms with E-state index in [2.05, 4.69) is 10.3 Å². The Morgan fingerprint density at radius 2 is 1.97 bits per heavy atom. The first-order chi connectivity index (χ1) is 14.9. The van der Waals surface area contributed by atoms with Gasteiger partial charge in [-0.3, -0.25) is 14.2 Å². The molecule has 2 aromatic heterocycles. The van der Waals surface area contributed by atoms with Crippen molar-refractivity contribution < 1.29 is 9.53 Å². The van der Waals surface area contributed by atoms with Gasteiger partial charge in [0.25, 0.3) is 5.56 Å². The van der Waals surface area contributed by atoms with Gasteiger partial charge in [-0.15, -0.1) is 11.3 Å². The summed E-state index contributed by atoms with van der Waals surface area (Å²) in [6, 6.07) is 13.9. The average molecular weight is 454 g/mol. The minimum Gasteiger partial charge on any atom is -0.495 e. The molecule has 4 aromatic rings. The molecule has 0 fully saturated rings. The summed E-state index contributed by atoms with van der Waals surface area (Å²) in [7, 11) is 1.52. The van der Waals surface area contributed by atoms with Crippen LogP contribution in [0.15, 0.2) is 59.7 Å². The van der Waals surface area contributed by atoms with Gasteiger partial charge in [0.15, 0.2) is 0 Å². The number of anilines is 1. The van der Waals surface area contributed by atoms with Gasteiger partial charge in [-0.1, -0.05) is 41.9 Å². The Morgan fingerprint density at radius 1 is 1.23 bits per heavy atom. The lowest BCUT2D eigenvalue weighted by atomic mass is 10.0. The van der Waals surface area contributed by atoms with Crippen LogP contribution < -0.4 is 15.6 Å². The van der Waals surface area contributed by atoms with Crippen LogP contribution in [0.3, 0.4) is 0 Å². The molecular formula is C23H20ClN3O3S. The number of carbonyl (C=O) groups excluding carboxylic acids is 1. The topological polar surface area (TPSA) is 73.2 Å². The number of hydrogen-bond acceptors (Lipinski definition) is 5. The Morgan fingerprint density at radius 3 is 2.65 bits per heavy atom. The number of thiophene rings is 1. The average Bonchev–Trinajstić information content (AvgIpc) is 3.11. The SMILES string of the molecule is COc1ccc(NC(=O)C(C)n2cnc3sc(C)c(-c4ccccc4)c3c2=O)cc1Cl. The Balaban J connectivity index is 1.71. The number of aryl methyl sites for hydroxylation is 1. The Kier molecular flexibility index (Phi) is 5.80. The second kappa shape index (κ2) is 8.53. The van der Waals surface area contributed by atoms with E-state index >= 15 is 0 Å². The van der Waals surface area contributed by atoms with Crippen LogP contribution in [0, 0.1) is 6.92 Å². The third-order valence-corrected chi connectivity index (χ3v) is 6.40. The molecule has 8 heteroatoms. The fraction of sp³-hybridized carbons (Fsp3) is 0.174. The van der Waals surface area contributed by atoms with Crippen molar-refractivity contribution in [3.63, 3.8) is 0 Å². The minimum atomic E-state index is -0.769. The van der Waals surface area contributed by atoms with Crippen molar-refractivity contribution in [1.29, 1.82) is 0 Å². The van der Waals surface area contributed by atoms with Crippen LogP contribution in [0.4, 0.5) is 5.69 Å². The minimum absolute atomic E-state index is 0.247. The maximum atomic E-state index is 13.4. The van der Waals surface area contributed by atoms with Crippen LogP contribution in [-0.2, 0) is 4.79 Å². The lowest BCUT2D eigenvalue weighted by Crippen LogP contribution is -2.31. The summed E-state index contributed by atoms with van der Waals surface area (Å²) >= 11 is 7.61. The highest BCUT2D eigenvalue weighted by Gasteiger charge is 2.22. The molecular weight excluding hydrogens is 434 g/mol. The molecule has 1 N–H and O–H groups in total. The maximum Gasteiger partial charge on any atom is 0.263 e. The van der Waals surface area contributed by atoms with Gasteiger partial charge in [-0.05, 0) is 37.6 Å². The molecule has 0 radical (unpaired) electrons. The van der Waals surface area contributed by atoms with E-state index in [4.69, 9.17) is 16.3 Å². The predicted molar refractivity (Wildman–Crippen MR) is 125 cm³/mol. The fourth-order valence-electron chi connectivity index (χ4n) is 3.46. The van der Waals surface area contributed by atoms with Crippen LogP contribution in [-0.4, -0.2) is 22.6 Å². The van der Waals surface area contributed by atoms with E-state index in [1.807, 2.05) is 37.3 Å². The predicted octanol–water partition coefficient (Wildman–Crippen LogP) is 5.30. The van der Waals surface area contributed by atoms with Gasteiger partial charge in [-0.2, -0.15) is 0 Å². The number of methoxy groups -OCH3 is 1. The number of nitrogens with one attached hydrogen (secondary N) is 1. The maximum absolute atomic E-state index is 13.4. The van der Waals surface area contributed by atoms with Crippen molar-refractivity contribution in [2.45, 2.75) is 19.9 Å². The largest absolute Gasteiger partial charge is 0.495 e. The van der Waals surface area contributed by atoms with Crippen molar-refractivity contribution >= 4 is 44.7 Å². The van der Waals surface area contributed by atoms with Crippen molar-refractivity contribution in [2.75, 3.05) is 12.4 Å². The van der Waals surface area contributed by atoms with Crippen LogP contribution in [0.5, 0.6) is 5.75 Å². The number of benzene rings is 2. The fourth-order valence-corrected chi connectivity index (χ4v) is 4.72. The van der Waals surface area contributed by atoms with E-state index in [0.717, 1.165) is 16.0 Å². The smallest absolute Gasteiger partial charge is 0.263 e. The number of aromatic nitrogens is 2. The van der Waals surface area contributed by atoms with Gasteiger partial charge in [0.2, 0.25) is 5.91 Å². The van der Waals surface area contributed by atoms with Crippen molar-refractivity contribution in [3.05, 3.63) is 75.1 Å². The Bertz CT molecular complexity index is 1330. The molecule has 0 saturated carbocycles. The molecule has 1 unspecified atom stereocenters. The highest BCUT2D eigenvalue weighted by molar-refractivity contribution is 7.19. The number of hydrogen-bond donors (Lipinski definition) is 1. The van der Waals surface area contributed by atoms with Gasteiger partial charge in [0, 0.05) is 16.1 Å². The summed E-state index contributed by atoms with van der Waals surface area (Å²) in [6.45, 7) is 3.64. The Labute approximate surface area is 188 Å². The second-order valence-electron chi connectivity index (χ2n) is 7.05. The first-order valence-corrected chi connectivity index (χ1v) is 10.8. The van der Waals surface area contributed by atoms with Crippen molar-refractivity contribution in [2.24, 2.45) is 0 Å². The standard InChI is InChI=1S/C23H20ClN3O3S/c1-13(21(28)26-16-9-10-18(30-3)17(24)11-16)27-12-25-22-20(23(27)29)19(14(2)31-22)15-7-5-4-6-8-15/h4-13H,1-3H3,(H,26,28). The lowest BCUT2D eigenvalue weighted by molar-refractivity contribution is -0.118. The van der Waals surface area contributed by atoms with Gasteiger partial charge < -0.3 is 10.1 Å². The molecule has 1 atom stereocenters. The molecule has 0 bridgehead atoms. The summed E-state index contributed by atoms with van der Waals surface area (Å²) in [5, 5.41) is 3.71. The number of ether oxygens (including phenoxy) is 1. The molecule has 1 amide bonds. The third-order valence-electron chi connectivity index (χ3n) is 5.09. The highest BCUT2D eigenvalue weighted by atomic mass is 35.5. The van der Waals surface area contributed by atoms with Crippen molar-refractivity contribution in [3.8, 4) is 16.9 Å². The van der Waals surface area contributed by atoms with Crippen LogP contribution >= 0.6 is 22.9 Å². The normalized spacial score (nSPS) is 12.0. The molecule has 0 spiro atoms. The number of nitrogens with zero attached hydrogens (tertiary/aromatic N) is 2. The monoisotopic (exact) mass is 453 g/mol. The molecule has 0 saturated heterocycles. The van der Waals surface area contributed by atoms with E-state index in [0.29, 0.717) is 26.7 Å². The zero-order chi connectivity index (χ0) is 22.1. The van der Waals surface area contributed by atoms with E-state index in [9.17, 15) is 9.59 Å². The van der Waals surface area contributed by atoms with E-state index in [1.165, 1.54) is 29.3 Å². The van der Waals surface area contributed by atoms with Crippen molar-refractivity contribution in [1.82, 2.24) is 9.55 Å². The summed E-state index contributed by atoms with van der Waals surface area (Å²) in [6.07, 6.45) is 1.43. The van der Waals surface area contributed by atoms with E-state index in [1.54, 1.807) is 25.1 Å². The molecule has 158 valence electrons. The zero-order valence-corrected chi connectivity index (χ0v) is 18.8. The molecule has 2 heterocycles. The summed E-state index contributed by atoms with van der Waals surface area (Å²) in [5.41, 5.74) is 2.08. The second-order valence-corrected chi connectivity index (χ2v) is 8.66. The summed E-state index contributed by atoms with van der Waals surface area (Å²) in [4.78, 5) is 32.4. The summed E-state index contributed by atoms with van der Waals surface area (Å²) in [5.74, 6) is 0.164. The van der Waals surface area contributed by atoms with Gasteiger partial charge >= 0.3 is 0 Å². The molecule has 2 aromatic carbocycles. The molecule has 0 aliphatic carbocycles. The molecule has 6 nitrogen and oxygen atoms in total. The van der Waals surface area contributed by atoms with E-state index in [-0.39, 0.29) is 11.5 Å². The van der Waals surface area contributed by atoms with Gasteiger partial charge in [-0.25, -0.2) is 4.98 Å². The first-order valence-electron chi connectivity index (χ1n) is 9.60.